The zero-order valence-corrected chi connectivity index (χ0v) is 14.7. The van der Waals surface area contributed by atoms with E-state index in [0.29, 0.717) is 5.76 Å². The topological polar surface area (TPSA) is 57.5 Å². The Morgan fingerprint density at radius 3 is 2.41 bits per heavy atom. The van der Waals surface area contributed by atoms with Gasteiger partial charge in [-0.3, -0.25) is 4.90 Å². The van der Waals surface area contributed by atoms with Gasteiger partial charge in [0.05, 0.1) is 12.3 Å². The van der Waals surface area contributed by atoms with Gasteiger partial charge in [-0.1, -0.05) is 30.3 Å². The molecule has 1 aromatic heterocycles. The van der Waals surface area contributed by atoms with E-state index in [1.54, 1.807) is 18.4 Å². The number of nitrogens with zero attached hydrogens (tertiary/aromatic N) is 1. The summed E-state index contributed by atoms with van der Waals surface area (Å²) in [6.07, 6.45) is -0.942. The van der Waals surface area contributed by atoms with Gasteiger partial charge in [0.1, 0.15) is 5.76 Å². The third-order valence-electron chi connectivity index (χ3n) is 4.64. The van der Waals surface area contributed by atoms with Crippen LogP contribution in [0.4, 0.5) is 18.0 Å². The highest BCUT2D eigenvalue weighted by Crippen LogP contribution is 2.32. The lowest BCUT2D eigenvalue weighted by Crippen LogP contribution is -2.46. The molecule has 0 aliphatic carbocycles. The Balaban J connectivity index is 1.64. The lowest BCUT2D eigenvalue weighted by atomic mass is 10.1. The van der Waals surface area contributed by atoms with Gasteiger partial charge < -0.3 is 15.1 Å². The maximum Gasteiger partial charge on any atom is 0.412 e. The zero-order chi connectivity index (χ0) is 19.3. The third kappa shape index (κ3) is 5.03. The summed E-state index contributed by atoms with van der Waals surface area (Å²) < 4.78 is 45.6. The van der Waals surface area contributed by atoms with Gasteiger partial charge in [-0.15, -0.1) is 0 Å². The van der Waals surface area contributed by atoms with E-state index in [0.717, 1.165) is 25.9 Å². The molecule has 8 heteroatoms. The molecule has 2 amide bonds. The molecular weight excluding hydrogens is 359 g/mol. The number of furan rings is 1. The highest BCUT2D eigenvalue weighted by atomic mass is 19.4. The lowest BCUT2D eigenvalue weighted by molar-refractivity contribution is -0.154. The Labute approximate surface area is 155 Å². The molecule has 2 atom stereocenters. The Hall–Kier alpha value is -2.48. The van der Waals surface area contributed by atoms with Gasteiger partial charge in [-0.05, 0) is 43.6 Å². The summed E-state index contributed by atoms with van der Waals surface area (Å²) in [4.78, 5) is 14.4. The molecule has 2 heterocycles. The second-order valence-corrected chi connectivity index (χ2v) is 6.51. The van der Waals surface area contributed by atoms with Crippen molar-refractivity contribution in [2.24, 2.45) is 0 Å². The predicted octanol–water partition coefficient (Wildman–Crippen LogP) is 4.02. The number of alkyl halides is 3. The van der Waals surface area contributed by atoms with Crippen molar-refractivity contribution >= 4 is 6.03 Å². The molecule has 1 aromatic carbocycles. The molecule has 1 saturated heterocycles. The average Bonchev–Trinajstić information content (AvgIpc) is 3.34. The van der Waals surface area contributed by atoms with E-state index in [1.807, 2.05) is 11.4 Å². The Bertz CT molecular complexity index is 714. The number of hydrogen-bond donors (Lipinski definition) is 2. The van der Waals surface area contributed by atoms with Gasteiger partial charge in [0.25, 0.3) is 0 Å². The Kier molecular flexibility index (Phi) is 6.05. The van der Waals surface area contributed by atoms with Crippen molar-refractivity contribution in [1.82, 2.24) is 15.5 Å². The monoisotopic (exact) mass is 381 g/mol. The first-order valence-corrected chi connectivity index (χ1v) is 8.88. The molecule has 0 saturated carbocycles. The van der Waals surface area contributed by atoms with Crippen LogP contribution in [0.15, 0.2) is 53.1 Å². The van der Waals surface area contributed by atoms with Crippen molar-refractivity contribution in [3.8, 4) is 0 Å². The summed E-state index contributed by atoms with van der Waals surface area (Å²) in [6.45, 7) is 1.90. The maximum atomic E-state index is 13.4. The number of halogens is 3. The first kappa shape index (κ1) is 19.3. The van der Waals surface area contributed by atoms with Gasteiger partial charge in [-0.25, -0.2) is 4.79 Å². The minimum Gasteiger partial charge on any atom is -0.468 e. The molecule has 2 aromatic rings. The normalized spacial score (nSPS) is 17.4. The number of benzene rings is 1. The number of likely N-dealkylation sites (tertiary alicyclic amines) is 1. The fraction of sp³-hybridized carbons (Fsp3) is 0.421. The number of amides is 2. The second kappa shape index (κ2) is 8.47. The quantitative estimate of drug-likeness (QED) is 0.795. The number of nitrogens with one attached hydrogen (secondary N) is 2. The molecule has 0 unspecified atom stereocenters. The smallest absolute Gasteiger partial charge is 0.412 e. The molecule has 0 spiro atoms. The van der Waals surface area contributed by atoms with Gasteiger partial charge in [-0.2, -0.15) is 13.2 Å². The summed E-state index contributed by atoms with van der Waals surface area (Å²) >= 11 is 0. The van der Waals surface area contributed by atoms with Crippen LogP contribution in [0.25, 0.3) is 0 Å². The van der Waals surface area contributed by atoms with E-state index in [-0.39, 0.29) is 18.2 Å². The third-order valence-corrected chi connectivity index (χ3v) is 4.64. The summed E-state index contributed by atoms with van der Waals surface area (Å²) in [5.41, 5.74) is -0.0118. The second-order valence-electron chi connectivity index (χ2n) is 6.51. The molecule has 2 N–H and O–H groups in total. The molecular formula is C19H22F3N3O2. The van der Waals surface area contributed by atoms with Crippen LogP contribution >= 0.6 is 0 Å². The molecule has 1 aliphatic heterocycles. The Morgan fingerprint density at radius 2 is 1.81 bits per heavy atom. The summed E-state index contributed by atoms with van der Waals surface area (Å²) in [5, 5.41) is 4.61. The summed E-state index contributed by atoms with van der Waals surface area (Å²) in [7, 11) is 0. The fourth-order valence-corrected chi connectivity index (χ4v) is 3.31. The largest absolute Gasteiger partial charge is 0.468 e. The van der Waals surface area contributed by atoms with E-state index in [2.05, 4.69) is 10.2 Å². The highest BCUT2D eigenvalue weighted by molar-refractivity contribution is 5.74. The van der Waals surface area contributed by atoms with E-state index >= 15 is 0 Å². The van der Waals surface area contributed by atoms with Crippen LogP contribution in [0.2, 0.25) is 0 Å². The number of carbonyl (C=O) groups is 1. The van der Waals surface area contributed by atoms with Crippen LogP contribution in [-0.2, 0) is 0 Å². The van der Waals surface area contributed by atoms with Crippen molar-refractivity contribution in [1.29, 1.82) is 0 Å². The van der Waals surface area contributed by atoms with Gasteiger partial charge in [0.15, 0.2) is 6.04 Å². The molecule has 0 bridgehead atoms. The van der Waals surface area contributed by atoms with E-state index in [9.17, 15) is 18.0 Å². The first-order chi connectivity index (χ1) is 12.9. The van der Waals surface area contributed by atoms with Crippen molar-refractivity contribution in [2.45, 2.75) is 31.1 Å². The van der Waals surface area contributed by atoms with Crippen LogP contribution in [0.5, 0.6) is 0 Å². The standard InChI is InChI=1S/C19H22F3N3O2/c20-19(21,22)17(14-7-2-1-3-8-14)24-18(26)23-13-15(16-9-6-12-27-16)25-10-4-5-11-25/h1-3,6-9,12,15,17H,4-5,10-11,13H2,(H2,23,24,26)/t15-,17-/m0/s1. The van der Waals surface area contributed by atoms with E-state index in [4.69, 9.17) is 4.42 Å². The fourth-order valence-electron chi connectivity index (χ4n) is 3.31. The molecule has 1 aliphatic rings. The van der Waals surface area contributed by atoms with Crippen LogP contribution in [0.1, 0.15) is 36.2 Å². The van der Waals surface area contributed by atoms with E-state index < -0.39 is 18.2 Å². The molecule has 0 radical (unpaired) electrons. The molecule has 1 fully saturated rings. The van der Waals surface area contributed by atoms with Gasteiger partial charge >= 0.3 is 12.2 Å². The van der Waals surface area contributed by atoms with Crippen LogP contribution in [0, 0.1) is 0 Å². The zero-order valence-electron chi connectivity index (χ0n) is 14.7. The molecule has 3 rings (SSSR count). The summed E-state index contributed by atoms with van der Waals surface area (Å²) in [5.74, 6) is 0.688. The summed E-state index contributed by atoms with van der Waals surface area (Å²) in [6, 6.07) is 7.77. The molecule has 27 heavy (non-hydrogen) atoms. The van der Waals surface area contributed by atoms with E-state index in [1.165, 1.54) is 24.3 Å². The minimum absolute atomic E-state index is 0.0118. The Morgan fingerprint density at radius 1 is 1.11 bits per heavy atom. The maximum absolute atomic E-state index is 13.4. The minimum atomic E-state index is -4.59. The average molecular weight is 381 g/mol. The molecule has 5 nitrogen and oxygen atoms in total. The number of urea groups is 1. The van der Waals surface area contributed by atoms with Crippen LogP contribution in [-0.4, -0.2) is 36.7 Å². The number of rotatable bonds is 6. The lowest BCUT2D eigenvalue weighted by Gasteiger charge is -2.27. The predicted molar refractivity (Wildman–Crippen MR) is 94.0 cm³/mol. The number of carbonyl (C=O) groups excluding carboxylic acids is 1. The van der Waals surface area contributed by atoms with Gasteiger partial charge in [0.2, 0.25) is 0 Å². The van der Waals surface area contributed by atoms with Crippen LogP contribution in [0.3, 0.4) is 0 Å². The van der Waals surface area contributed by atoms with Crippen molar-refractivity contribution < 1.29 is 22.4 Å². The van der Waals surface area contributed by atoms with Crippen molar-refractivity contribution in [3.05, 3.63) is 60.1 Å². The van der Waals surface area contributed by atoms with Gasteiger partial charge in [0, 0.05) is 6.54 Å². The van der Waals surface area contributed by atoms with Crippen LogP contribution < -0.4 is 10.6 Å². The SMILES string of the molecule is O=C(NC[C@@H](c1ccco1)N1CCCC1)N[C@@H](c1ccccc1)C(F)(F)F. The number of hydrogen-bond acceptors (Lipinski definition) is 3. The first-order valence-electron chi connectivity index (χ1n) is 8.88. The highest BCUT2D eigenvalue weighted by Gasteiger charge is 2.42. The van der Waals surface area contributed by atoms with Crippen molar-refractivity contribution in [2.75, 3.05) is 19.6 Å². The van der Waals surface area contributed by atoms with Crippen molar-refractivity contribution in [3.63, 3.8) is 0 Å². The molecule has 146 valence electrons.